The van der Waals surface area contributed by atoms with E-state index < -0.39 is 11.7 Å². The first-order valence-electron chi connectivity index (χ1n) is 5.87. The summed E-state index contributed by atoms with van der Waals surface area (Å²) in [5, 5.41) is 7.01. The topological polar surface area (TPSA) is 29.9 Å². The number of halogens is 3. The van der Waals surface area contributed by atoms with E-state index in [-0.39, 0.29) is 5.69 Å². The average Bonchev–Trinajstić information content (AvgIpc) is 2.69. The maximum Gasteiger partial charge on any atom is 0.418 e. The number of alkyl halides is 3. The summed E-state index contributed by atoms with van der Waals surface area (Å²) in [6, 6.07) is 5.41. The van der Waals surface area contributed by atoms with Crippen molar-refractivity contribution >= 4 is 11.4 Å². The van der Waals surface area contributed by atoms with Gasteiger partial charge in [-0.05, 0) is 18.6 Å². The van der Waals surface area contributed by atoms with E-state index in [1.807, 2.05) is 6.92 Å². The molecule has 2 aromatic rings. The van der Waals surface area contributed by atoms with Gasteiger partial charge in [0.25, 0.3) is 0 Å². The highest BCUT2D eigenvalue weighted by atomic mass is 19.4. The maximum absolute atomic E-state index is 12.9. The van der Waals surface area contributed by atoms with Gasteiger partial charge < -0.3 is 5.32 Å². The van der Waals surface area contributed by atoms with Crippen LogP contribution in [0, 0.1) is 0 Å². The molecule has 0 unspecified atom stereocenters. The highest BCUT2D eigenvalue weighted by Gasteiger charge is 2.33. The van der Waals surface area contributed by atoms with Crippen LogP contribution in [0.15, 0.2) is 30.5 Å². The third kappa shape index (κ3) is 2.89. The summed E-state index contributed by atoms with van der Waals surface area (Å²) in [5.41, 5.74) is 0.694. The number of nitrogens with one attached hydrogen (secondary N) is 1. The summed E-state index contributed by atoms with van der Waals surface area (Å²) in [4.78, 5) is 0. The molecule has 19 heavy (non-hydrogen) atoms. The first-order chi connectivity index (χ1) is 8.91. The van der Waals surface area contributed by atoms with E-state index in [2.05, 4.69) is 10.4 Å². The second-order valence-electron chi connectivity index (χ2n) is 4.19. The predicted octanol–water partition coefficient (Wildman–Crippen LogP) is 3.74. The number of aromatic nitrogens is 2. The van der Waals surface area contributed by atoms with Crippen LogP contribution in [0.5, 0.6) is 0 Å². The lowest BCUT2D eigenvalue weighted by molar-refractivity contribution is -0.136. The van der Waals surface area contributed by atoms with Gasteiger partial charge in [0.15, 0.2) is 0 Å². The van der Waals surface area contributed by atoms with Gasteiger partial charge in [-0.2, -0.15) is 18.3 Å². The lowest BCUT2D eigenvalue weighted by atomic mass is 10.1. The molecule has 0 fully saturated rings. The Labute approximate surface area is 109 Å². The SMILES string of the molecule is CCc1nn(C)cc1Nc1ccccc1C(F)(F)F. The van der Waals surface area contributed by atoms with Crippen LogP contribution in [0.4, 0.5) is 24.5 Å². The fourth-order valence-electron chi connectivity index (χ4n) is 1.88. The van der Waals surface area contributed by atoms with Crippen molar-refractivity contribution in [3.63, 3.8) is 0 Å². The summed E-state index contributed by atoms with van der Waals surface area (Å²) in [6.45, 7) is 1.91. The normalized spacial score (nSPS) is 11.6. The van der Waals surface area contributed by atoms with Crippen molar-refractivity contribution in [2.45, 2.75) is 19.5 Å². The molecule has 0 aliphatic carbocycles. The van der Waals surface area contributed by atoms with Crippen LogP contribution < -0.4 is 5.32 Å². The molecule has 1 heterocycles. The van der Waals surface area contributed by atoms with Gasteiger partial charge in [-0.3, -0.25) is 4.68 Å². The Balaban J connectivity index is 2.38. The number of benzene rings is 1. The van der Waals surface area contributed by atoms with Gasteiger partial charge in [0.05, 0.1) is 22.6 Å². The van der Waals surface area contributed by atoms with Crippen LogP contribution in [0.2, 0.25) is 0 Å². The largest absolute Gasteiger partial charge is 0.418 e. The van der Waals surface area contributed by atoms with E-state index in [4.69, 9.17) is 0 Å². The minimum absolute atomic E-state index is 0.0395. The molecule has 1 aromatic carbocycles. The lowest BCUT2D eigenvalue weighted by Crippen LogP contribution is -2.08. The number of rotatable bonds is 3. The third-order valence-corrected chi connectivity index (χ3v) is 2.74. The molecule has 0 aliphatic rings. The van der Waals surface area contributed by atoms with E-state index >= 15 is 0 Å². The van der Waals surface area contributed by atoms with Crippen molar-refractivity contribution in [2.75, 3.05) is 5.32 Å². The number of anilines is 2. The van der Waals surface area contributed by atoms with Crippen LogP contribution in [0.1, 0.15) is 18.2 Å². The number of hydrogen-bond donors (Lipinski definition) is 1. The first-order valence-corrected chi connectivity index (χ1v) is 5.87. The van der Waals surface area contributed by atoms with Gasteiger partial charge in [0.2, 0.25) is 0 Å². The third-order valence-electron chi connectivity index (χ3n) is 2.74. The Kier molecular flexibility index (Phi) is 3.50. The van der Waals surface area contributed by atoms with Gasteiger partial charge in [0, 0.05) is 13.2 Å². The molecule has 0 atom stereocenters. The van der Waals surface area contributed by atoms with Crippen molar-refractivity contribution in [1.82, 2.24) is 9.78 Å². The van der Waals surface area contributed by atoms with Gasteiger partial charge in [-0.1, -0.05) is 19.1 Å². The fraction of sp³-hybridized carbons (Fsp3) is 0.308. The Morgan fingerprint density at radius 3 is 2.53 bits per heavy atom. The Morgan fingerprint density at radius 2 is 1.89 bits per heavy atom. The Bertz CT molecular complexity index is 573. The minimum Gasteiger partial charge on any atom is -0.352 e. The summed E-state index contributed by atoms with van der Waals surface area (Å²) in [7, 11) is 1.74. The Morgan fingerprint density at radius 1 is 1.21 bits per heavy atom. The predicted molar refractivity (Wildman–Crippen MR) is 67.3 cm³/mol. The molecule has 0 bridgehead atoms. The summed E-state index contributed by atoms with van der Waals surface area (Å²) in [6.07, 6.45) is -2.05. The van der Waals surface area contributed by atoms with Crippen molar-refractivity contribution in [2.24, 2.45) is 7.05 Å². The first kappa shape index (κ1) is 13.5. The number of nitrogens with zero attached hydrogens (tertiary/aromatic N) is 2. The van der Waals surface area contributed by atoms with Gasteiger partial charge >= 0.3 is 6.18 Å². The molecule has 0 amide bonds. The zero-order valence-electron chi connectivity index (χ0n) is 10.6. The monoisotopic (exact) mass is 269 g/mol. The molecule has 1 aromatic heterocycles. The van der Waals surface area contributed by atoms with E-state index in [1.165, 1.54) is 12.1 Å². The molecule has 0 aliphatic heterocycles. The zero-order valence-corrected chi connectivity index (χ0v) is 10.6. The quantitative estimate of drug-likeness (QED) is 0.919. The van der Waals surface area contributed by atoms with E-state index in [1.54, 1.807) is 24.0 Å². The van der Waals surface area contributed by atoms with Crippen LogP contribution >= 0.6 is 0 Å². The molecule has 6 heteroatoms. The van der Waals surface area contributed by atoms with Crippen molar-refractivity contribution < 1.29 is 13.2 Å². The fourth-order valence-corrected chi connectivity index (χ4v) is 1.88. The highest BCUT2D eigenvalue weighted by molar-refractivity contribution is 5.65. The minimum atomic E-state index is -4.38. The van der Waals surface area contributed by atoms with Crippen LogP contribution in [0.3, 0.4) is 0 Å². The number of aryl methyl sites for hydroxylation is 2. The van der Waals surface area contributed by atoms with Crippen molar-refractivity contribution in [1.29, 1.82) is 0 Å². The standard InChI is InChI=1S/C13H14F3N3/c1-3-10-12(8-19(2)18-10)17-11-7-5-4-6-9(11)13(14,15)16/h4-8,17H,3H2,1-2H3. The molecule has 0 saturated heterocycles. The molecule has 0 spiro atoms. The van der Waals surface area contributed by atoms with E-state index in [0.717, 1.165) is 11.8 Å². The van der Waals surface area contributed by atoms with Crippen molar-refractivity contribution in [3.8, 4) is 0 Å². The maximum atomic E-state index is 12.9. The zero-order chi connectivity index (χ0) is 14.0. The van der Waals surface area contributed by atoms with Crippen LogP contribution in [0.25, 0.3) is 0 Å². The summed E-state index contributed by atoms with van der Waals surface area (Å²) < 4.78 is 40.2. The lowest BCUT2D eigenvalue weighted by Gasteiger charge is -2.13. The van der Waals surface area contributed by atoms with Gasteiger partial charge in [-0.15, -0.1) is 0 Å². The average molecular weight is 269 g/mol. The van der Waals surface area contributed by atoms with Crippen LogP contribution in [-0.4, -0.2) is 9.78 Å². The molecule has 2 rings (SSSR count). The second-order valence-corrected chi connectivity index (χ2v) is 4.19. The molecule has 0 saturated carbocycles. The number of hydrogen-bond acceptors (Lipinski definition) is 2. The number of para-hydroxylation sites is 1. The smallest absolute Gasteiger partial charge is 0.352 e. The Hall–Kier alpha value is -1.98. The van der Waals surface area contributed by atoms with Crippen LogP contribution in [-0.2, 0) is 19.6 Å². The van der Waals surface area contributed by atoms with Gasteiger partial charge in [0.1, 0.15) is 0 Å². The molecule has 1 N–H and O–H groups in total. The second kappa shape index (κ2) is 4.95. The molecular formula is C13H14F3N3. The summed E-state index contributed by atoms with van der Waals surface area (Å²) >= 11 is 0. The van der Waals surface area contributed by atoms with E-state index in [0.29, 0.717) is 12.1 Å². The van der Waals surface area contributed by atoms with Crippen molar-refractivity contribution in [3.05, 3.63) is 41.7 Å². The summed E-state index contributed by atoms with van der Waals surface area (Å²) in [5.74, 6) is 0. The molecule has 0 radical (unpaired) electrons. The van der Waals surface area contributed by atoms with E-state index in [9.17, 15) is 13.2 Å². The molecule has 3 nitrogen and oxygen atoms in total. The highest BCUT2D eigenvalue weighted by Crippen LogP contribution is 2.36. The molecular weight excluding hydrogens is 255 g/mol. The molecule has 102 valence electrons. The van der Waals surface area contributed by atoms with Gasteiger partial charge in [-0.25, -0.2) is 0 Å².